The molecule has 27 heavy (non-hydrogen) atoms. The molecule has 0 atom stereocenters. The molecule has 0 fully saturated rings. The van der Waals surface area contributed by atoms with Crippen molar-refractivity contribution >= 4 is 52.5 Å². The Morgan fingerprint density at radius 3 is 2.37 bits per heavy atom. The average Bonchev–Trinajstić information content (AvgIpc) is 2.63. The van der Waals surface area contributed by atoms with E-state index in [-0.39, 0.29) is 33.8 Å². The first-order valence-electron chi connectivity index (χ1n) is 8.24. The van der Waals surface area contributed by atoms with Crippen molar-refractivity contribution in [3.63, 3.8) is 0 Å². The molecule has 8 heteroatoms. The lowest BCUT2D eigenvalue weighted by molar-refractivity contribution is -0.116. The van der Waals surface area contributed by atoms with Gasteiger partial charge >= 0.3 is 5.97 Å². The molecule has 0 aliphatic rings. The summed E-state index contributed by atoms with van der Waals surface area (Å²) in [6.07, 6.45) is 1.26. The van der Waals surface area contributed by atoms with Gasteiger partial charge in [0.05, 0.1) is 22.0 Å². The Kier molecular flexibility index (Phi) is 7.69. The number of hydrogen-bond donors (Lipinski definition) is 3. The molecule has 3 N–H and O–H groups in total. The molecule has 2 aromatic carbocycles. The van der Waals surface area contributed by atoms with E-state index in [4.69, 9.17) is 16.7 Å². The van der Waals surface area contributed by atoms with Gasteiger partial charge in [-0.1, -0.05) is 18.5 Å². The molecular weight excluding hydrogens is 388 g/mol. The van der Waals surface area contributed by atoms with Crippen molar-refractivity contribution in [2.75, 3.05) is 16.4 Å². The van der Waals surface area contributed by atoms with Crippen LogP contribution in [-0.4, -0.2) is 28.6 Å². The average molecular weight is 407 g/mol. The molecular formula is C19H19ClN2O4S. The largest absolute Gasteiger partial charge is 0.478 e. The van der Waals surface area contributed by atoms with Gasteiger partial charge in [0.25, 0.3) is 0 Å². The number of nitrogens with one attached hydrogen (secondary N) is 2. The second-order valence-electron chi connectivity index (χ2n) is 5.66. The van der Waals surface area contributed by atoms with E-state index < -0.39 is 5.97 Å². The molecule has 0 radical (unpaired) electrons. The van der Waals surface area contributed by atoms with Gasteiger partial charge in [0.15, 0.2) is 0 Å². The summed E-state index contributed by atoms with van der Waals surface area (Å²) in [7, 11) is 0. The predicted octanol–water partition coefficient (Wildman–Crippen LogP) is 4.51. The molecule has 2 aromatic rings. The van der Waals surface area contributed by atoms with Gasteiger partial charge in [-0.05, 0) is 48.9 Å². The fraction of sp³-hybridized carbons (Fsp3) is 0.211. The normalized spacial score (nSPS) is 10.3. The number of carbonyl (C=O) groups is 3. The summed E-state index contributed by atoms with van der Waals surface area (Å²) in [4.78, 5) is 35.5. The van der Waals surface area contributed by atoms with E-state index in [1.807, 2.05) is 19.1 Å². The van der Waals surface area contributed by atoms with Crippen LogP contribution in [0.25, 0.3) is 0 Å². The smallest absolute Gasteiger partial charge is 0.335 e. The Morgan fingerprint density at radius 2 is 1.74 bits per heavy atom. The van der Waals surface area contributed by atoms with Gasteiger partial charge in [0.1, 0.15) is 0 Å². The molecule has 142 valence electrons. The van der Waals surface area contributed by atoms with Crippen molar-refractivity contribution in [1.29, 1.82) is 0 Å². The zero-order valence-corrected chi connectivity index (χ0v) is 16.2. The fourth-order valence-corrected chi connectivity index (χ4v) is 3.04. The van der Waals surface area contributed by atoms with Crippen LogP contribution in [0.5, 0.6) is 0 Å². The monoisotopic (exact) mass is 406 g/mol. The predicted molar refractivity (Wildman–Crippen MR) is 108 cm³/mol. The number of hydrogen-bond acceptors (Lipinski definition) is 4. The highest BCUT2D eigenvalue weighted by Crippen LogP contribution is 2.25. The van der Waals surface area contributed by atoms with Gasteiger partial charge in [-0.15, -0.1) is 11.8 Å². The van der Waals surface area contributed by atoms with Gasteiger partial charge in [0, 0.05) is 17.0 Å². The van der Waals surface area contributed by atoms with E-state index in [9.17, 15) is 14.4 Å². The highest BCUT2D eigenvalue weighted by molar-refractivity contribution is 8.00. The number of benzene rings is 2. The Balaban J connectivity index is 1.89. The molecule has 6 nitrogen and oxygen atoms in total. The molecule has 0 unspecified atom stereocenters. The summed E-state index contributed by atoms with van der Waals surface area (Å²) in [5.74, 6) is -1.29. The van der Waals surface area contributed by atoms with Crippen LogP contribution >= 0.6 is 23.4 Å². The van der Waals surface area contributed by atoms with Crippen LogP contribution in [-0.2, 0) is 9.59 Å². The van der Waals surface area contributed by atoms with Crippen LogP contribution in [0, 0.1) is 0 Å². The van der Waals surface area contributed by atoms with E-state index in [1.54, 1.807) is 12.1 Å². The number of carboxylic acid groups (broad SMARTS) is 1. The number of carbonyl (C=O) groups excluding carboxylic acids is 2. The first-order chi connectivity index (χ1) is 12.9. The minimum Gasteiger partial charge on any atom is -0.478 e. The quantitative estimate of drug-likeness (QED) is 0.560. The van der Waals surface area contributed by atoms with Crippen LogP contribution in [0.3, 0.4) is 0 Å². The SMILES string of the molecule is CCCC(=O)Nc1ccc(SCC(=O)Nc2cc(C(=O)O)ccc2Cl)cc1. The molecule has 0 aliphatic carbocycles. The fourth-order valence-electron chi connectivity index (χ4n) is 2.17. The van der Waals surface area contributed by atoms with E-state index >= 15 is 0 Å². The zero-order valence-electron chi connectivity index (χ0n) is 14.6. The third-order valence-corrected chi connectivity index (χ3v) is 4.81. The van der Waals surface area contributed by atoms with E-state index in [0.717, 1.165) is 11.3 Å². The van der Waals surface area contributed by atoms with Crippen LogP contribution in [0.1, 0.15) is 30.1 Å². The summed E-state index contributed by atoms with van der Waals surface area (Å²) in [6, 6.07) is 11.3. The molecule has 2 amide bonds. The van der Waals surface area contributed by atoms with Crippen LogP contribution in [0.15, 0.2) is 47.4 Å². The maximum absolute atomic E-state index is 12.1. The molecule has 0 aliphatic heterocycles. The van der Waals surface area contributed by atoms with Crippen molar-refractivity contribution in [2.24, 2.45) is 0 Å². The standard InChI is InChI=1S/C19H19ClN2O4S/c1-2-3-17(23)21-13-5-7-14(8-6-13)27-11-18(24)22-16-10-12(19(25)26)4-9-15(16)20/h4-10H,2-3,11H2,1H3,(H,21,23)(H,22,24)(H,25,26). The number of amides is 2. The Hall–Kier alpha value is -2.51. The highest BCUT2D eigenvalue weighted by Gasteiger charge is 2.11. The third-order valence-electron chi connectivity index (χ3n) is 3.47. The summed E-state index contributed by atoms with van der Waals surface area (Å²) >= 11 is 7.31. The maximum Gasteiger partial charge on any atom is 0.335 e. The molecule has 0 aromatic heterocycles. The van der Waals surface area contributed by atoms with E-state index in [2.05, 4.69) is 10.6 Å². The zero-order chi connectivity index (χ0) is 19.8. The summed E-state index contributed by atoms with van der Waals surface area (Å²) in [5, 5.41) is 14.7. The number of halogens is 1. The molecule has 0 saturated heterocycles. The van der Waals surface area contributed by atoms with Crippen LogP contribution in [0.2, 0.25) is 5.02 Å². The summed E-state index contributed by atoms with van der Waals surface area (Å²) in [5.41, 5.74) is 1.01. The third kappa shape index (κ3) is 6.62. The number of thioether (sulfide) groups is 1. The van der Waals surface area contributed by atoms with Crippen molar-refractivity contribution in [1.82, 2.24) is 0 Å². The minimum atomic E-state index is -1.09. The second kappa shape index (κ2) is 9.99. The Bertz CT molecular complexity index is 840. The lowest BCUT2D eigenvalue weighted by Gasteiger charge is -2.09. The van der Waals surface area contributed by atoms with E-state index in [0.29, 0.717) is 12.1 Å². The van der Waals surface area contributed by atoms with Crippen molar-refractivity contribution < 1.29 is 19.5 Å². The van der Waals surface area contributed by atoms with Crippen molar-refractivity contribution in [3.8, 4) is 0 Å². The van der Waals surface area contributed by atoms with Crippen molar-refractivity contribution in [2.45, 2.75) is 24.7 Å². The number of rotatable bonds is 8. The minimum absolute atomic E-state index is 0.0299. The maximum atomic E-state index is 12.1. The van der Waals surface area contributed by atoms with Gasteiger partial charge < -0.3 is 15.7 Å². The Morgan fingerprint density at radius 1 is 1.04 bits per heavy atom. The first-order valence-corrected chi connectivity index (χ1v) is 9.60. The van der Waals surface area contributed by atoms with Crippen molar-refractivity contribution in [3.05, 3.63) is 53.1 Å². The number of anilines is 2. The van der Waals surface area contributed by atoms with Gasteiger partial charge in [-0.2, -0.15) is 0 Å². The molecule has 0 heterocycles. The van der Waals surface area contributed by atoms with Crippen LogP contribution in [0.4, 0.5) is 11.4 Å². The molecule has 0 bridgehead atoms. The summed E-state index contributed by atoms with van der Waals surface area (Å²) in [6.45, 7) is 1.94. The van der Waals surface area contributed by atoms with Crippen LogP contribution < -0.4 is 10.6 Å². The van der Waals surface area contributed by atoms with Gasteiger partial charge in [-0.3, -0.25) is 9.59 Å². The second-order valence-corrected chi connectivity index (χ2v) is 7.12. The molecule has 0 saturated carbocycles. The lowest BCUT2D eigenvalue weighted by Crippen LogP contribution is -2.15. The lowest BCUT2D eigenvalue weighted by atomic mass is 10.2. The molecule has 0 spiro atoms. The number of aromatic carboxylic acids is 1. The molecule has 2 rings (SSSR count). The summed E-state index contributed by atoms with van der Waals surface area (Å²) < 4.78 is 0. The van der Waals surface area contributed by atoms with E-state index in [1.165, 1.54) is 30.0 Å². The highest BCUT2D eigenvalue weighted by atomic mass is 35.5. The number of carboxylic acids is 1. The van der Waals surface area contributed by atoms with Gasteiger partial charge in [0.2, 0.25) is 11.8 Å². The first kappa shape index (κ1) is 20.8. The topological polar surface area (TPSA) is 95.5 Å². The van der Waals surface area contributed by atoms with Gasteiger partial charge in [-0.25, -0.2) is 4.79 Å². The Labute approximate surface area is 166 Å².